The largest absolute Gasteiger partial charge is 0.546 e. The van der Waals surface area contributed by atoms with Crippen molar-refractivity contribution in [3.05, 3.63) is 0 Å². The zero-order chi connectivity index (χ0) is 9.40. The number of rotatable bonds is 4. The van der Waals surface area contributed by atoms with E-state index >= 15 is 0 Å². The molecular formula is C8H11O4-. The first kappa shape index (κ1) is 11.0. The molecular weight excluding hydrogens is 160 g/mol. The van der Waals surface area contributed by atoms with E-state index in [-0.39, 0.29) is 6.61 Å². The first-order chi connectivity index (χ1) is 5.68. The monoisotopic (exact) mass is 171 g/mol. The molecule has 0 spiro atoms. The molecule has 0 bridgehead atoms. The van der Waals surface area contributed by atoms with E-state index in [1.54, 1.807) is 0 Å². The van der Waals surface area contributed by atoms with Gasteiger partial charge in [0.2, 0.25) is 0 Å². The highest BCUT2D eigenvalue weighted by Gasteiger charge is 1.96. The number of unbranched alkanes of at least 4 members (excludes halogenated alkanes) is 2. The third-order valence-corrected chi connectivity index (χ3v) is 1.17. The van der Waals surface area contributed by atoms with E-state index in [9.17, 15) is 9.90 Å². The molecule has 0 saturated carbocycles. The topological polar surface area (TPSA) is 80.6 Å². The van der Waals surface area contributed by atoms with Crippen LogP contribution in [0.2, 0.25) is 0 Å². The lowest BCUT2D eigenvalue weighted by atomic mass is 10.2. The molecule has 1 unspecified atom stereocenters. The molecule has 2 N–H and O–H groups in total. The maximum atomic E-state index is 9.92. The number of aliphatic carboxylic acids is 1. The summed E-state index contributed by atoms with van der Waals surface area (Å²) >= 11 is 0. The van der Waals surface area contributed by atoms with Crippen LogP contribution in [-0.2, 0) is 4.79 Å². The van der Waals surface area contributed by atoms with E-state index in [0.717, 1.165) is 0 Å². The van der Waals surface area contributed by atoms with Crippen LogP contribution in [0.1, 0.15) is 19.3 Å². The Morgan fingerprint density at radius 3 is 2.67 bits per heavy atom. The highest BCUT2D eigenvalue weighted by Crippen LogP contribution is 1.91. The van der Waals surface area contributed by atoms with E-state index in [2.05, 4.69) is 11.8 Å². The van der Waals surface area contributed by atoms with Crippen molar-refractivity contribution in [3.8, 4) is 11.8 Å². The van der Waals surface area contributed by atoms with Gasteiger partial charge < -0.3 is 20.1 Å². The van der Waals surface area contributed by atoms with Crippen molar-refractivity contribution in [2.45, 2.75) is 25.4 Å². The minimum Gasteiger partial charge on any atom is -0.546 e. The van der Waals surface area contributed by atoms with Crippen LogP contribution in [-0.4, -0.2) is 28.9 Å². The van der Waals surface area contributed by atoms with Gasteiger partial charge in [0.05, 0.1) is 5.97 Å². The molecule has 68 valence electrons. The molecule has 0 saturated heterocycles. The molecule has 0 amide bonds. The first-order valence-corrected chi connectivity index (χ1v) is 3.66. The van der Waals surface area contributed by atoms with Gasteiger partial charge in [-0.15, -0.1) is 5.92 Å². The van der Waals surface area contributed by atoms with Crippen molar-refractivity contribution < 1.29 is 20.1 Å². The highest BCUT2D eigenvalue weighted by atomic mass is 16.4. The molecule has 0 fully saturated rings. The van der Waals surface area contributed by atoms with E-state index in [1.165, 1.54) is 0 Å². The standard InChI is InChI=1S/C8H12O4/c9-6-4-2-1-3-5-7(10)8(11)12/h7,9-10H,1-2,4,6H2,(H,11,12)/p-1. The number of hydrogen-bond acceptors (Lipinski definition) is 4. The van der Waals surface area contributed by atoms with Gasteiger partial charge >= 0.3 is 0 Å². The summed E-state index contributed by atoms with van der Waals surface area (Å²) in [6, 6.07) is 0. The van der Waals surface area contributed by atoms with Gasteiger partial charge in [0, 0.05) is 13.0 Å². The smallest absolute Gasteiger partial charge is 0.154 e. The molecule has 0 aliphatic heterocycles. The summed E-state index contributed by atoms with van der Waals surface area (Å²) < 4.78 is 0. The summed E-state index contributed by atoms with van der Waals surface area (Å²) in [4.78, 5) is 9.92. The molecule has 0 rings (SSSR count). The molecule has 0 radical (unpaired) electrons. The van der Waals surface area contributed by atoms with Gasteiger partial charge in [-0.3, -0.25) is 0 Å². The Hall–Kier alpha value is -1.05. The third-order valence-electron chi connectivity index (χ3n) is 1.17. The number of aliphatic hydroxyl groups excluding tert-OH is 2. The average Bonchev–Trinajstić information content (AvgIpc) is 2.03. The number of carboxylic acids is 1. The molecule has 0 aliphatic carbocycles. The van der Waals surface area contributed by atoms with E-state index in [1.807, 2.05) is 0 Å². The summed E-state index contributed by atoms with van der Waals surface area (Å²) in [7, 11) is 0. The van der Waals surface area contributed by atoms with Gasteiger partial charge in [-0.25, -0.2) is 0 Å². The van der Waals surface area contributed by atoms with Gasteiger partial charge in [0.1, 0.15) is 0 Å². The molecule has 0 aliphatic rings. The van der Waals surface area contributed by atoms with Crippen LogP contribution in [0.15, 0.2) is 0 Å². The normalized spacial score (nSPS) is 11.5. The maximum Gasteiger partial charge on any atom is 0.154 e. The quantitative estimate of drug-likeness (QED) is 0.389. The fourth-order valence-corrected chi connectivity index (χ4v) is 0.553. The van der Waals surface area contributed by atoms with Crippen LogP contribution < -0.4 is 5.11 Å². The Bertz CT molecular complexity index is 189. The molecule has 12 heavy (non-hydrogen) atoms. The van der Waals surface area contributed by atoms with E-state index in [4.69, 9.17) is 10.2 Å². The number of carbonyl (C=O) groups is 1. The van der Waals surface area contributed by atoms with Gasteiger partial charge in [-0.05, 0) is 12.8 Å². The fraction of sp³-hybridized carbons (Fsp3) is 0.625. The predicted molar refractivity (Wildman–Crippen MR) is 39.7 cm³/mol. The lowest BCUT2D eigenvalue weighted by Crippen LogP contribution is -2.34. The van der Waals surface area contributed by atoms with Crippen molar-refractivity contribution in [1.29, 1.82) is 0 Å². The number of carboxylic acid groups (broad SMARTS) is 1. The Balaban J connectivity index is 3.52. The average molecular weight is 171 g/mol. The molecule has 0 aromatic carbocycles. The molecule has 0 heterocycles. The summed E-state index contributed by atoms with van der Waals surface area (Å²) in [5, 5.41) is 26.9. The zero-order valence-corrected chi connectivity index (χ0v) is 6.62. The third kappa shape index (κ3) is 5.71. The van der Waals surface area contributed by atoms with Crippen LogP contribution in [0.3, 0.4) is 0 Å². The maximum absolute atomic E-state index is 9.92. The summed E-state index contributed by atoms with van der Waals surface area (Å²) in [6.45, 7) is 0.102. The Kier molecular flexibility index (Phi) is 6.07. The highest BCUT2D eigenvalue weighted by molar-refractivity contribution is 5.73. The predicted octanol–water partition coefficient (Wildman–Crippen LogP) is -1.74. The Morgan fingerprint density at radius 2 is 2.17 bits per heavy atom. The van der Waals surface area contributed by atoms with Crippen molar-refractivity contribution in [3.63, 3.8) is 0 Å². The van der Waals surface area contributed by atoms with Gasteiger partial charge in [-0.2, -0.15) is 0 Å². The van der Waals surface area contributed by atoms with Gasteiger partial charge in [0.15, 0.2) is 6.10 Å². The van der Waals surface area contributed by atoms with Crippen molar-refractivity contribution >= 4 is 5.97 Å². The zero-order valence-electron chi connectivity index (χ0n) is 6.62. The SMILES string of the molecule is O=C([O-])C(O)C#CCCCCO. The van der Waals surface area contributed by atoms with Crippen LogP contribution >= 0.6 is 0 Å². The van der Waals surface area contributed by atoms with Crippen LogP contribution in [0.4, 0.5) is 0 Å². The second kappa shape index (κ2) is 6.65. The lowest BCUT2D eigenvalue weighted by Gasteiger charge is -2.01. The Morgan fingerprint density at radius 1 is 1.50 bits per heavy atom. The van der Waals surface area contributed by atoms with Crippen molar-refractivity contribution in [2.24, 2.45) is 0 Å². The minimum atomic E-state index is -1.70. The van der Waals surface area contributed by atoms with E-state index < -0.39 is 12.1 Å². The van der Waals surface area contributed by atoms with E-state index in [0.29, 0.717) is 19.3 Å². The van der Waals surface area contributed by atoms with Gasteiger partial charge in [0.25, 0.3) is 0 Å². The van der Waals surface area contributed by atoms with Crippen molar-refractivity contribution in [1.82, 2.24) is 0 Å². The number of hydrogen-bond donors (Lipinski definition) is 2. The molecule has 4 heteroatoms. The van der Waals surface area contributed by atoms with Gasteiger partial charge in [-0.1, -0.05) is 5.92 Å². The molecule has 4 nitrogen and oxygen atoms in total. The summed E-state index contributed by atoms with van der Waals surface area (Å²) in [6.07, 6.45) is 0.115. The van der Waals surface area contributed by atoms with Crippen LogP contribution in [0, 0.1) is 11.8 Å². The second-order valence-corrected chi connectivity index (χ2v) is 2.22. The number of aliphatic hydroxyl groups is 2. The second-order valence-electron chi connectivity index (χ2n) is 2.22. The minimum absolute atomic E-state index is 0.102. The first-order valence-electron chi connectivity index (χ1n) is 3.66. The van der Waals surface area contributed by atoms with Crippen LogP contribution in [0.5, 0.6) is 0 Å². The number of carbonyl (C=O) groups excluding carboxylic acids is 1. The molecule has 1 atom stereocenters. The van der Waals surface area contributed by atoms with Crippen LogP contribution in [0.25, 0.3) is 0 Å². The molecule has 0 aromatic heterocycles. The fourth-order valence-electron chi connectivity index (χ4n) is 0.553. The Labute approximate surface area is 70.8 Å². The van der Waals surface area contributed by atoms with Crippen molar-refractivity contribution in [2.75, 3.05) is 6.61 Å². The molecule has 0 aromatic rings. The summed E-state index contributed by atoms with van der Waals surface area (Å²) in [5.74, 6) is 2.99. The summed E-state index contributed by atoms with van der Waals surface area (Å²) in [5.41, 5.74) is 0. The lowest BCUT2D eigenvalue weighted by molar-refractivity contribution is -0.312.